The van der Waals surface area contributed by atoms with Crippen molar-refractivity contribution >= 4 is 23.2 Å². The minimum absolute atomic E-state index is 0.104. The van der Waals surface area contributed by atoms with Crippen molar-refractivity contribution in [3.63, 3.8) is 0 Å². The molecular weight excluding hydrogens is 354 g/mol. The Hall–Kier alpha value is -2.86. The van der Waals surface area contributed by atoms with Gasteiger partial charge in [-0.3, -0.25) is 14.5 Å². The maximum Gasteiger partial charge on any atom is 0.241 e. The summed E-state index contributed by atoms with van der Waals surface area (Å²) in [6, 6.07) is 10.8. The number of ether oxygens (including phenoxy) is 1. The van der Waals surface area contributed by atoms with Gasteiger partial charge in [0.15, 0.2) is 0 Å². The van der Waals surface area contributed by atoms with Gasteiger partial charge in [-0.25, -0.2) is 0 Å². The molecule has 0 heterocycles. The number of nitrogens with one attached hydrogen (secondary N) is 2. The number of amides is 2. The van der Waals surface area contributed by atoms with Gasteiger partial charge < -0.3 is 15.4 Å². The van der Waals surface area contributed by atoms with E-state index in [9.17, 15) is 9.59 Å². The average molecular weight is 383 g/mol. The Morgan fingerprint density at radius 2 is 1.68 bits per heavy atom. The van der Waals surface area contributed by atoms with E-state index in [0.717, 1.165) is 22.4 Å². The highest BCUT2D eigenvalue weighted by Gasteiger charge is 2.21. The molecule has 0 unspecified atom stereocenters. The van der Waals surface area contributed by atoms with Gasteiger partial charge in [-0.1, -0.05) is 29.8 Å². The van der Waals surface area contributed by atoms with Gasteiger partial charge in [-0.2, -0.15) is 0 Å². The van der Waals surface area contributed by atoms with E-state index in [0.29, 0.717) is 11.4 Å². The van der Waals surface area contributed by atoms with Crippen molar-refractivity contribution in [2.75, 3.05) is 31.3 Å². The Morgan fingerprint density at radius 1 is 1.07 bits per heavy atom. The second-order valence-electron chi connectivity index (χ2n) is 7.10. The minimum atomic E-state index is -0.490. The van der Waals surface area contributed by atoms with Gasteiger partial charge in [0.05, 0.1) is 25.4 Å². The number of anilines is 2. The molecule has 2 aromatic carbocycles. The molecule has 0 aromatic heterocycles. The highest BCUT2D eigenvalue weighted by molar-refractivity contribution is 5.97. The maximum atomic E-state index is 12.6. The summed E-state index contributed by atoms with van der Waals surface area (Å²) in [4.78, 5) is 26.8. The standard InChI is InChI=1S/C22H29N3O3/c1-14-11-15(2)21(16(3)12-14)24-20(26)13-25(5)17(4)22(27)23-18-9-7-8-10-19(18)28-6/h7-12,17H,13H2,1-6H3,(H,23,27)(H,24,26)/t17-/m1/s1. The van der Waals surface area contributed by atoms with Crippen LogP contribution in [0.2, 0.25) is 0 Å². The largest absolute Gasteiger partial charge is 0.495 e. The molecule has 0 aliphatic heterocycles. The molecule has 2 amide bonds. The Kier molecular flexibility index (Phi) is 7.18. The van der Waals surface area contributed by atoms with Crippen LogP contribution >= 0.6 is 0 Å². The van der Waals surface area contributed by atoms with E-state index in [4.69, 9.17) is 4.74 Å². The third-order valence-corrected chi connectivity index (χ3v) is 4.74. The molecule has 0 aliphatic rings. The van der Waals surface area contributed by atoms with Crippen molar-refractivity contribution in [3.05, 3.63) is 53.1 Å². The molecule has 2 N–H and O–H groups in total. The second kappa shape index (κ2) is 9.37. The first-order valence-electron chi connectivity index (χ1n) is 9.24. The molecule has 2 rings (SSSR count). The number of benzene rings is 2. The highest BCUT2D eigenvalue weighted by atomic mass is 16.5. The lowest BCUT2D eigenvalue weighted by Gasteiger charge is -2.24. The minimum Gasteiger partial charge on any atom is -0.495 e. The van der Waals surface area contributed by atoms with Crippen LogP contribution in [0.25, 0.3) is 0 Å². The monoisotopic (exact) mass is 383 g/mol. The summed E-state index contributed by atoms with van der Waals surface area (Å²) in [6.07, 6.45) is 0. The lowest BCUT2D eigenvalue weighted by Crippen LogP contribution is -2.43. The molecule has 6 heteroatoms. The summed E-state index contributed by atoms with van der Waals surface area (Å²) in [5.74, 6) is 0.228. The van der Waals surface area contributed by atoms with E-state index in [2.05, 4.69) is 10.6 Å². The van der Waals surface area contributed by atoms with Crippen LogP contribution in [0.1, 0.15) is 23.6 Å². The average Bonchev–Trinajstić information content (AvgIpc) is 2.64. The number of para-hydroxylation sites is 2. The van der Waals surface area contributed by atoms with Crippen molar-refractivity contribution in [2.45, 2.75) is 33.7 Å². The number of likely N-dealkylation sites (N-methyl/N-ethyl adjacent to an activating group) is 1. The number of aryl methyl sites for hydroxylation is 3. The first-order chi connectivity index (χ1) is 13.2. The second-order valence-corrected chi connectivity index (χ2v) is 7.10. The van der Waals surface area contributed by atoms with Crippen LogP contribution in [-0.4, -0.2) is 43.5 Å². The third kappa shape index (κ3) is 5.33. The summed E-state index contributed by atoms with van der Waals surface area (Å²) < 4.78 is 5.26. The quantitative estimate of drug-likeness (QED) is 0.767. The van der Waals surface area contributed by atoms with Gasteiger partial charge in [0, 0.05) is 5.69 Å². The molecule has 28 heavy (non-hydrogen) atoms. The van der Waals surface area contributed by atoms with E-state index >= 15 is 0 Å². The fourth-order valence-corrected chi connectivity index (χ4v) is 3.10. The van der Waals surface area contributed by atoms with E-state index in [1.54, 1.807) is 38.1 Å². The van der Waals surface area contributed by atoms with Crippen molar-refractivity contribution < 1.29 is 14.3 Å². The molecule has 0 aliphatic carbocycles. The summed E-state index contributed by atoms with van der Waals surface area (Å²) in [5, 5.41) is 5.82. The predicted molar refractivity (Wildman–Crippen MR) is 113 cm³/mol. The van der Waals surface area contributed by atoms with Gasteiger partial charge in [0.1, 0.15) is 5.75 Å². The molecule has 150 valence electrons. The van der Waals surface area contributed by atoms with Gasteiger partial charge in [-0.15, -0.1) is 0 Å². The molecule has 6 nitrogen and oxygen atoms in total. The molecule has 1 atom stereocenters. The van der Waals surface area contributed by atoms with Crippen molar-refractivity contribution in [1.29, 1.82) is 0 Å². The fourth-order valence-electron chi connectivity index (χ4n) is 3.10. The normalized spacial score (nSPS) is 11.8. The predicted octanol–water partition coefficient (Wildman–Crippen LogP) is 3.52. The van der Waals surface area contributed by atoms with E-state index in [1.165, 1.54) is 0 Å². The lowest BCUT2D eigenvalue weighted by atomic mass is 10.1. The number of methoxy groups -OCH3 is 1. The number of carbonyl (C=O) groups is 2. The van der Waals surface area contributed by atoms with Gasteiger partial charge in [0.2, 0.25) is 11.8 Å². The number of carbonyl (C=O) groups excluding carboxylic acids is 2. The van der Waals surface area contributed by atoms with Crippen LogP contribution in [0.15, 0.2) is 36.4 Å². The van der Waals surface area contributed by atoms with E-state index < -0.39 is 6.04 Å². The molecule has 0 saturated heterocycles. The number of hydrogen-bond acceptors (Lipinski definition) is 4. The molecule has 0 spiro atoms. The van der Waals surface area contributed by atoms with Crippen LogP contribution < -0.4 is 15.4 Å². The third-order valence-electron chi connectivity index (χ3n) is 4.74. The zero-order chi connectivity index (χ0) is 20.8. The molecule has 0 bridgehead atoms. The number of nitrogens with zero attached hydrogens (tertiary/aromatic N) is 1. The van der Waals surface area contributed by atoms with E-state index in [1.807, 2.05) is 45.0 Å². The zero-order valence-electron chi connectivity index (χ0n) is 17.4. The van der Waals surface area contributed by atoms with Gasteiger partial charge in [-0.05, 0) is 58.0 Å². The van der Waals surface area contributed by atoms with Crippen LogP contribution in [0.5, 0.6) is 5.75 Å². The number of rotatable bonds is 7. The lowest BCUT2D eigenvalue weighted by molar-refractivity contribution is -0.122. The molecule has 0 radical (unpaired) electrons. The smallest absolute Gasteiger partial charge is 0.241 e. The summed E-state index contributed by atoms with van der Waals surface area (Å²) in [7, 11) is 3.31. The number of hydrogen-bond donors (Lipinski definition) is 2. The first-order valence-corrected chi connectivity index (χ1v) is 9.24. The Balaban J connectivity index is 1.98. The van der Waals surface area contributed by atoms with Crippen LogP contribution in [0.4, 0.5) is 11.4 Å². The topological polar surface area (TPSA) is 70.7 Å². The summed E-state index contributed by atoms with van der Waals surface area (Å²) in [5.41, 5.74) is 4.64. The van der Waals surface area contributed by atoms with Crippen molar-refractivity contribution in [1.82, 2.24) is 4.90 Å². The Morgan fingerprint density at radius 3 is 2.29 bits per heavy atom. The molecule has 0 fully saturated rings. The van der Waals surface area contributed by atoms with Gasteiger partial charge >= 0.3 is 0 Å². The van der Waals surface area contributed by atoms with Gasteiger partial charge in [0.25, 0.3) is 0 Å². The van der Waals surface area contributed by atoms with Crippen LogP contribution in [0.3, 0.4) is 0 Å². The van der Waals surface area contributed by atoms with Crippen molar-refractivity contribution in [3.8, 4) is 5.75 Å². The Bertz CT molecular complexity index is 841. The molecule has 0 saturated carbocycles. The highest BCUT2D eigenvalue weighted by Crippen LogP contribution is 2.24. The van der Waals surface area contributed by atoms with Crippen LogP contribution in [0, 0.1) is 20.8 Å². The first kappa shape index (κ1) is 21.4. The summed E-state index contributed by atoms with van der Waals surface area (Å²) >= 11 is 0. The zero-order valence-corrected chi connectivity index (χ0v) is 17.4. The Labute approximate surface area is 166 Å². The molecular formula is C22H29N3O3. The summed E-state index contributed by atoms with van der Waals surface area (Å²) in [6.45, 7) is 7.85. The maximum absolute atomic E-state index is 12.6. The van der Waals surface area contributed by atoms with E-state index in [-0.39, 0.29) is 18.4 Å². The SMILES string of the molecule is COc1ccccc1NC(=O)[C@@H](C)N(C)CC(=O)Nc1c(C)cc(C)cc1C. The molecule has 2 aromatic rings. The van der Waals surface area contributed by atoms with Crippen molar-refractivity contribution in [2.24, 2.45) is 0 Å². The van der Waals surface area contributed by atoms with Crippen LogP contribution in [-0.2, 0) is 9.59 Å². The fraction of sp³-hybridized carbons (Fsp3) is 0.364.